The summed E-state index contributed by atoms with van der Waals surface area (Å²) in [6, 6.07) is 4.34. The molecule has 0 radical (unpaired) electrons. The molecule has 1 aromatic heterocycles. The molecule has 0 aliphatic heterocycles. The van der Waals surface area contributed by atoms with Crippen LogP contribution in [0.1, 0.15) is 0 Å². The summed E-state index contributed by atoms with van der Waals surface area (Å²) in [6.07, 6.45) is 1.31. The van der Waals surface area contributed by atoms with Crippen LogP contribution in [0.15, 0.2) is 35.5 Å². The van der Waals surface area contributed by atoms with E-state index in [1.165, 1.54) is 19.3 Å². The number of hydrogen-bond acceptors (Lipinski definition) is 6. The van der Waals surface area contributed by atoms with Gasteiger partial charge in [-0.05, 0) is 12.1 Å². The van der Waals surface area contributed by atoms with Gasteiger partial charge in [0, 0.05) is 13.1 Å². The number of anilines is 1. The molecular formula is C10H10N4O5S. The van der Waals surface area contributed by atoms with Gasteiger partial charge in [0.1, 0.15) is 5.75 Å². The fraction of sp³-hybridized carbons (Fsp3) is 0.100. The summed E-state index contributed by atoms with van der Waals surface area (Å²) in [6.45, 7) is 0. The number of aromatic nitrogens is 2. The maximum absolute atomic E-state index is 12.0. The van der Waals surface area contributed by atoms with Crippen molar-refractivity contribution in [1.29, 1.82) is 0 Å². The van der Waals surface area contributed by atoms with E-state index in [1.54, 1.807) is 0 Å². The Morgan fingerprint density at radius 2 is 2.10 bits per heavy atom. The van der Waals surface area contributed by atoms with Crippen LogP contribution < -0.4 is 4.72 Å². The Morgan fingerprint density at radius 3 is 2.60 bits per heavy atom. The van der Waals surface area contributed by atoms with Crippen molar-refractivity contribution in [3.8, 4) is 5.75 Å². The number of aryl methyl sites for hydroxylation is 1. The highest BCUT2D eigenvalue weighted by Crippen LogP contribution is 2.29. The van der Waals surface area contributed by atoms with Crippen LogP contribution in [0.2, 0.25) is 0 Å². The minimum Gasteiger partial charge on any atom is -0.505 e. The number of nitro benzene ring substituents is 1. The normalized spacial score (nSPS) is 11.2. The highest BCUT2D eigenvalue weighted by atomic mass is 32.2. The Kier molecular flexibility index (Phi) is 3.32. The van der Waals surface area contributed by atoms with Crippen molar-refractivity contribution in [1.82, 2.24) is 9.78 Å². The molecule has 0 unspecified atom stereocenters. The molecule has 0 saturated carbocycles. The lowest BCUT2D eigenvalue weighted by molar-refractivity contribution is -0.384. The van der Waals surface area contributed by atoms with Crippen molar-refractivity contribution in [2.24, 2.45) is 7.05 Å². The molecular weight excluding hydrogens is 288 g/mol. The molecule has 0 aliphatic carbocycles. The Morgan fingerprint density at radius 1 is 1.40 bits per heavy atom. The zero-order valence-corrected chi connectivity index (χ0v) is 11.0. The molecule has 0 spiro atoms. The van der Waals surface area contributed by atoms with Gasteiger partial charge in [0.2, 0.25) is 0 Å². The molecule has 106 valence electrons. The summed E-state index contributed by atoms with van der Waals surface area (Å²) in [7, 11) is -2.49. The monoisotopic (exact) mass is 298 g/mol. The maximum atomic E-state index is 12.0. The number of phenols is 1. The molecule has 0 atom stereocenters. The van der Waals surface area contributed by atoms with Crippen LogP contribution in [-0.4, -0.2) is 28.2 Å². The van der Waals surface area contributed by atoms with Gasteiger partial charge in [-0.1, -0.05) is 0 Å². The highest BCUT2D eigenvalue weighted by molar-refractivity contribution is 7.92. The Bertz CT molecular complexity index is 768. The minimum absolute atomic E-state index is 0.102. The lowest BCUT2D eigenvalue weighted by Gasteiger charge is -2.09. The van der Waals surface area contributed by atoms with Crippen LogP contribution in [0.25, 0.3) is 0 Å². The van der Waals surface area contributed by atoms with Gasteiger partial charge in [-0.15, -0.1) is 0 Å². The van der Waals surface area contributed by atoms with Crippen LogP contribution >= 0.6 is 0 Å². The number of benzene rings is 1. The molecule has 1 heterocycles. The number of nitro groups is 1. The van der Waals surface area contributed by atoms with E-state index in [0.717, 1.165) is 22.9 Å². The summed E-state index contributed by atoms with van der Waals surface area (Å²) in [5, 5.41) is 23.8. The first-order chi connectivity index (χ1) is 9.31. The number of phenolic OH excluding ortho intramolecular Hbond substituents is 1. The molecule has 20 heavy (non-hydrogen) atoms. The van der Waals surface area contributed by atoms with Gasteiger partial charge in [0.05, 0.1) is 22.9 Å². The average Bonchev–Trinajstić information content (AvgIpc) is 2.78. The molecule has 0 saturated heterocycles. The molecule has 2 N–H and O–H groups in total. The molecule has 1 aromatic carbocycles. The Labute approximate surface area is 113 Å². The third-order valence-corrected chi connectivity index (χ3v) is 3.93. The fourth-order valence-corrected chi connectivity index (χ4v) is 2.74. The molecule has 0 bridgehead atoms. The fourth-order valence-electron chi connectivity index (χ4n) is 1.54. The number of hydrogen-bond donors (Lipinski definition) is 2. The van der Waals surface area contributed by atoms with Gasteiger partial charge in [0.25, 0.3) is 15.7 Å². The van der Waals surface area contributed by atoms with Gasteiger partial charge in [-0.3, -0.25) is 19.5 Å². The molecule has 0 amide bonds. The summed E-state index contributed by atoms with van der Waals surface area (Å²) < 4.78 is 27.4. The predicted molar refractivity (Wildman–Crippen MR) is 68.8 cm³/mol. The second kappa shape index (κ2) is 4.81. The van der Waals surface area contributed by atoms with Crippen molar-refractivity contribution in [2.75, 3.05) is 4.72 Å². The van der Waals surface area contributed by atoms with Crippen LogP contribution in [0.5, 0.6) is 5.75 Å². The summed E-state index contributed by atoms with van der Waals surface area (Å²) in [5.41, 5.74) is -0.497. The van der Waals surface area contributed by atoms with Crippen molar-refractivity contribution in [2.45, 2.75) is 5.03 Å². The van der Waals surface area contributed by atoms with Crippen molar-refractivity contribution >= 4 is 21.4 Å². The van der Waals surface area contributed by atoms with Crippen LogP contribution in [0, 0.1) is 10.1 Å². The van der Waals surface area contributed by atoms with Gasteiger partial charge < -0.3 is 5.11 Å². The van der Waals surface area contributed by atoms with Gasteiger partial charge in [-0.25, -0.2) is 0 Å². The first-order valence-corrected chi connectivity index (χ1v) is 6.78. The second-order valence-corrected chi connectivity index (χ2v) is 5.49. The number of non-ortho nitro benzene ring substituents is 1. The molecule has 2 aromatic rings. The van der Waals surface area contributed by atoms with E-state index in [0.29, 0.717) is 0 Å². The quantitative estimate of drug-likeness (QED) is 0.489. The van der Waals surface area contributed by atoms with Crippen LogP contribution in [0.3, 0.4) is 0 Å². The average molecular weight is 298 g/mol. The number of aromatic hydroxyl groups is 1. The van der Waals surface area contributed by atoms with Gasteiger partial charge >= 0.3 is 0 Å². The van der Waals surface area contributed by atoms with Crippen LogP contribution in [0.4, 0.5) is 11.4 Å². The summed E-state index contributed by atoms with van der Waals surface area (Å²) in [4.78, 5) is 9.83. The van der Waals surface area contributed by atoms with E-state index in [9.17, 15) is 23.6 Å². The van der Waals surface area contributed by atoms with E-state index in [4.69, 9.17) is 0 Å². The lowest BCUT2D eigenvalue weighted by Crippen LogP contribution is -2.16. The molecule has 2 rings (SSSR count). The first-order valence-electron chi connectivity index (χ1n) is 5.29. The third kappa shape index (κ3) is 2.54. The van der Waals surface area contributed by atoms with Crippen molar-refractivity contribution < 1.29 is 18.4 Å². The standard InChI is InChI=1S/C10H10N4O5S/c1-13-10(4-5-11-13)20(18,19)12-8-3-2-7(14(16)17)6-9(8)15/h2-6,12,15H,1H3. The second-order valence-electron chi connectivity index (χ2n) is 3.86. The van der Waals surface area contributed by atoms with E-state index < -0.39 is 20.7 Å². The largest absolute Gasteiger partial charge is 0.505 e. The zero-order chi connectivity index (χ0) is 14.9. The van der Waals surface area contributed by atoms with Crippen LogP contribution in [-0.2, 0) is 17.1 Å². The lowest BCUT2D eigenvalue weighted by atomic mass is 10.3. The Balaban J connectivity index is 2.36. The van der Waals surface area contributed by atoms with Gasteiger partial charge in [0.15, 0.2) is 5.03 Å². The molecule has 9 nitrogen and oxygen atoms in total. The summed E-state index contributed by atoms with van der Waals surface area (Å²) in [5.74, 6) is -0.537. The van der Waals surface area contributed by atoms with E-state index in [-0.39, 0.29) is 16.4 Å². The molecule has 0 aliphatic rings. The topological polar surface area (TPSA) is 127 Å². The number of sulfonamides is 1. The predicted octanol–water partition coefficient (Wildman–Crippen LogP) is 0.835. The smallest absolute Gasteiger partial charge is 0.279 e. The van der Waals surface area contributed by atoms with Crippen molar-refractivity contribution in [3.63, 3.8) is 0 Å². The SMILES string of the molecule is Cn1nccc1S(=O)(=O)Nc1ccc([N+](=O)[O-])cc1O. The third-order valence-electron chi connectivity index (χ3n) is 2.49. The highest BCUT2D eigenvalue weighted by Gasteiger charge is 2.20. The zero-order valence-electron chi connectivity index (χ0n) is 10.2. The number of nitrogens with zero attached hydrogens (tertiary/aromatic N) is 3. The summed E-state index contributed by atoms with van der Waals surface area (Å²) >= 11 is 0. The maximum Gasteiger partial charge on any atom is 0.279 e. The molecule has 10 heteroatoms. The number of nitrogens with one attached hydrogen (secondary N) is 1. The van der Waals surface area contributed by atoms with Crippen molar-refractivity contribution in [3.05, 3.63) is 40.6 Å². The van der Waals surface area contributed by atoms with E-state index in [2.05, 4.69) is 9.82 Å². The minimum atomic E-state index is -3.94. The van der Waals surface area contributed by atoms with Gasteiger partial charge in [-0.2, -0.15) is 13.5 Å². The van der Waals surface area contributed by atoms with E-state index >= 15 is 0 Å². The Hall–Kier alpha value is -2.62. The van der Waals surface area contributed by atoms with E-state index in [1.807, 2.05) is 0 Å². The number of rotatable bonds is 4. The molecule has 0 fully saturated rings. The first kappa shape index (κ1) is 13.8.